The van der Waals surface area contributed by atoms with E-state index in [2.05, 4.69) is 20.0 Å². The summed E-state index contributed by atoms with van der Waals surface area (Å²) in [6.07, 6.45) is -0.635. The summed E-state index contributed by atoms with van der Waals surface area (Å²) in [5.74, 6) is -2.75. The summed E-state index contributed by atoms with van der Waals surface area (Å²) < 4.78 is 56.0. The number of hydrogen-bond donors (Lipinski definition) is 2. The third-order valence-electron chi connectivity index (χ3n) is 5.32. The van der Waals surface area contributed by atoms with Crippen molar-refractivity contribution >= 4 is 5.91 Å². The molecule has 4 rings (SSSR count). The predicted molar refractivity (Wildman–Crippen MR) is 106 cm³/mol. The number of carbonyl (C=O) groups is 1. The van der Waals surface area contributed by atoms with Crippen molar-refractivity contribution in [3.05, 3.63) is 93.4 Å². The van der Waals surface area contributed by atoms with E-state index in [-0.39, 0.29) is 16.7 Å². The van der Waals surface area contributed by atoms with E-state index in [9.17, 15) is 27.2 Å². The minimum absolute atomic E-state index is 0.157. The molecule has 1 aliphatic rings. The summed E-state index contributed by atoms with van der Waals surface area (Å²) in [6, 6.07) is 9.17. The largest absolute Gasteiger partial charge is 0.573 e. The molecule has 10 heteroatoms. The molecule has 1 aromatic carbocycles. The highest BCUT2D eigenvalue weighted by Gasteiger charge is 2.42. The summed E-state index contributed by atoms with van der Waals surface area (Å²) in [4.78, 5) is 31.2. The predicted octanol–water partition coefficient (Wildman–Crippen LogP) is 3.82. The smallest absolute Gasteiger partial charge is 0.403 e. The number of pyridine rings is 2. The molecular formula is C22H17F4N3O3. The van der Waals surface area contributed by atoms with Gasteiger partial charge >= 0.3 is 6.36 Å². The normalized spacial score (nSPS) is 18.0. The van der Waals surface area contributed by atoms with Crippen molar-refractivity contribution in [3.8, 4) is 5.75 Å². The molecule has 1 atom stereocenters. The topological polar surface area (TPSA) is 84.1 Å². The molecule has 0 spiro atoms. The van der Waals surface area contributed by atoms with Crippen LogP contribution in [0.4, 0.5) is 17.6 Å². The van der Waals surface area contributed by atoms with Gasteiger partial charge in [-0.15, -0.1) is 13.2 Å². The molecule has 1 amide bonds. The third kappa shape index (κ3) is 4.20. The average Bonchev–Trinajstić information content (AvgIpc) is 2.75. The number of halogens is 4. The number of carbonyl (C=O) groups excluding carboxylic acids is 1. The van der Waals surface area contributed by atoms with Crippen molar-refractivity contribution in [3.63, 3.8) is 0 Å². The van der Waals surface area contributed by atoms with Crippen LogP contribution in [-0.4, -0.2) is 22.2 Å². The second kappa shape index (κ2) is 8.10. The van der Waals surface area contributed by atoms with Crippen LogP contribution in [0.5, 0.6) is 5.75 Å². The van der Waals surface area contributed by atoms with Gasteiger partial charge < -0.3 is 15.0 Å². The fraction of sp³-hybridized carbons (Fsp3) is 0.227. The summed E-state index contributed by atoms with van der Waals surface area (Å²) in [7, 11) is 0. The van der Waals surface area contributed by atoms with Crippen LogP contribution in [0.2, 0.25) is 0 Å². The standard InChI is InChI=1S/C22H17F4N3O3/c23-16-11-15(6-7-17(16)32-22(24,25)26)21(9-1-3-13-4-2-10-27-19(13)21)29-20(31)14-5-8-18(30)28-12-14/h2,4-8,10-12H,1,3,9H2,(H,28,30)(H,29,31). The molecule has 3 aromatic rings. The molecule has 0 aliphatic heterocycles. The molecule has 32 heavy (non-hydrogen) atoms. The van der Waals surface area contributed by atoms with Crippen molar-refractivity contribution < 1.29 is 27.1 Å². The number of nitrogens with one attached hydrogen (secondary N) is 2. The van der Waals surface area contributed by atoms with Crippen molar-refractivity contribution in [2.24, 2.45) is 0 Å². The Kier molecular flexibility index (Phi) is 5.45. The molecule has 0 saturated heterocycles. The molecule has 1 unspecified atom stereocenters. The lowest BCUT2D eigenvalue weighted by molar-refractivity contribution is -0.275. The number of ether oxygens (including phenoxy) is 1. The van der Waals surface area contributed by atoms with Gasteiger partial charge in [0.05, 0.1) is 11.3 Å². The quantitative estimate of drug-likeness (QED) is 0.596. The zero-order valence-electron chi connectivity index (χ0n) is 16.5. The molecule has 166 valence electrons. The van der Waals surface area contributed by atoms with Gasteiger partial charge in [-0.05, 0) is 54.7 Å². The Balaban J connectivity index is 1.81. The summed E-state index contributed by atoms with van der Waals surface area (Å²) in [5.41, 5.74) is 0.0128. The number of fused-ring (bicyclic) bond motifs is 1. The van der Waals surface area contributed by atoms with Crippen molar-refractivity contribution in [2.75, 3.05) is 0 Å². The molecule has 0 radical (unpaired) electrons. The van der Waals surface area contributed by atoms with Gasteiger partial charge in [-0.1, -0.05) is 12.1 Å². The molecule has 6 nitrogen and oxygen atoms in total. The molecule has 0 bridgehead atoms. The minimum Gasteiger partial charge on any atom is -0.403 e. The summed E-state index contributed by atoms with van der Waals surface area (Å²) in [6.45, 7) is 0. The lowest BCUT2D eigenvalue weighted by atomic mass is 9.75. The van der Waals surface area contributed by atoms with Crippen LogP contribution >= 0.6 is 0 Å². The number of benzene rings is 1. The molecule has 0 fully saturated rings. The highest BCUT2D eigenvalue weighted by atomic mass is 19.4. The van der Waals surface area contributed by atoms with E-state index >= 15 is 0 Å². The highest BCUT2D eigenvalue weighted by Crippen LogP contribution is 2.41. The first-order valence-electron chi connectivity index (χ1n) is 9.69. The fourth-order valence-electron chi connectivity index (χ4n) is 3.95. The summed E-state index contributed by atoms with van der Waals surface area (Å²) in [5, 5.41) is 2.88. The van der Waals surface area contributed by atoms with Crippen LogP contribution < -0.4 is 15.6 Å². The van der Waals surface area contributed by atoms with Gasteiger partial charge in [-0.2, -0.15) is 0 Å². The SMILES string of the molecule is O=C(NC1(c2ccc(OC(F)(F)F)c(F)c2)CCCc2cccnc21)c1ccc(=O)[nH]c1. The van der Waals surface area contributed by atoms with Crippen LogP contribution in [0.3, 0.4) is 0 Å². The zero-order valence-corrected chi connectivity index (χ0v) is 16.5. The lowest BCUT2D eigenvalue weighted by Gasteiger charge is -2.39. The minimum atomic E-state index is -5.04. The number of alkyl halides is 3. The van der Waals surface area contributed by atoms with Gasteiger partial charge in [0.1, 0.15) is 5.54 Å². The van der Waals surface area contributed by atoms with Gasteiger partial charge in [0, 0.05) is 18.5 Å². The average molecular weight is 447 g/mol. The lowest BCUT2D eigenvalue weighted by Crippen LogP contribution is -2.49. The van der Waals surface area contributed by atoms with Crippen molar-refractivity contribution in [1.29, 1.82) is 0 Å². The van der Waals surface area contributed by atoms with E-state index in [0.717, 1.165) is 17.7 Å². The van der Waals surface area contributed by atoms with E-state index in [4.69, 9.17) is 0 Å². The number of nitrogens with zero attached hydrogens (tertiary/aromatic N) is 1. The Labute approximate surface area is 179 Å². The van der Waals surface area contributed by atoms with Crippen LogP contribution in [0.25, 0.3) is 0 Å². The number of amides is 1. The van der Waals surface area contributed by atoms with E-state index in [1.165, 1.54) is 30.6 Å². The molecule has 2 N–H and O–H groups in total. The molecular weight excluding hydrogens is 430 g/mol. The zero-order chi connectivity index (χ0) is 22.9. The van der Waals surface area contributed by atoms with E-state index in [0.29, 0.717) is 25.0 Å². The van der Waals surface area contributed by atoms with Gasteiger partial charge in [-0.3, -0.25) is 14.6 Å². The molecule has 1 aliphatic carbocycles. The Morgan fingerprint density at radius 3 is 2.69 bits per heavy atom. The highest BCUT2D eigenvalue weighted by molar-refractivity contribution is 5.94. The molecule has 2 heterocycles. The second-order valence-corrected chi connectivity index (χ2v) is 7.36. The second-order valence-electron chi connectivity index (χ2n) is 7.36. The monoisotopic (exact) mass is 447 g/mol. The van der Waals surface area contributed by atoms with Gasteiger partial charge in [0.2, 0.25) is 5.56 Å². The van der Waals surface area contributed by atoms with E-state index in [1.54, 1.807) is 6.07 Å². The summed E-state index contributed by atoms with van der Waals surface area (Å²) >= 11 is 0. The number of rotatable bonds is 4. The Bertz CT molecular complexity index is 1210. The first-order valence-corrected chi connectivity index (χ1v) is 9.69. The molecule has 0 saturated carbocycles. The maximum absolute atomic E-state index is 14.6. The van der Waals surface area contributed by atoms with Crippen molar-refractivity contribution in [1.82, 2.24) is 15.3 Å². The first kappa shape index (κ1) is 21.5. The Hall–Kier alpha value is -3.69. The van der Waals surface area contributed by atoms with E-state index < -0.39 is 29.4 Å². The van der Waals surface area contributed by atoms with Gasteiger partial charge in [-0.25, -0.2) is 4.39 Å². The Morgan fingerprint density at radius 2 is 2.00 bits per heavy atom. The fourth-order valence-corrected chi connectivity index (χ4v) is 3.95. The maximum atomic E-state index is 14.6. The number of aryl methyl sites for hydroxylation is 1. The maximum Gasteiger partial charge on any atom is 0.573 e. The number of H-pyrrole nitrogens is 1. The van der Waals surface area contributed by atoms with Crippen molar-refractivity contribution in [2.45, 2.75) is 31.2 Å². The third-order valence-corrected chi connectivity index (χ3v) is 5.32. The van der Waals surface area contributed by atoms with Crippen LogP contribution in [0.1, 0.15) is 40.0 Å². The van der Waals surface area contributed by atoms with Crippen LogP contribution in [0, 0.1) is 5.82 Å². The van der Waals surface area contributed by atoms with Gasteiger partial charge in [0.15, 0.2) is 11.6 Å². The van der Waals surface area contributed by atoms with Crippen LogP contribution in [-0.2, 0) is 12.0 Å². The number of hydrogen-bond acceptors (Lipinski definition) is 4. The molecule has 2 aromatic heterocycles. The van der Waals surface area contributed by atoms with Gasteiger partial charge in [0.25, 0.3) is 5.91 Å². The number of aromatic nitrogens is 2. The van der Waals surface area contributed by atoms with Crippen LogP contribution in [0.15, 0.2) is 59.7 Å². The Morgan fingerprint density at radius 1 is 1.19 bits per heavy atom. The van der Waals surface area contributed by atoms with E-state index in [1.807, 2.05) is 6.07 Å². The first-order chi connectivity index (χ1) is 15.2. The number of aromatic amines is 1.